The van der Waals surface area contributed by atoms with Crippen molar-refractivity contribution < 1.29 is 30.6 Å². The molecule has 0 atom stereocenters. The molecule has 3 heteroatoms. The fourth-order valence-corrected chi connectivity index (χ4v) is 2.30. The third kappa shape index (κ3) is 15.3. The Balaban J connectivity index is -0.000000303. The van der Waals surface area contributed by atoms with Crippen molar-refractivity contribution in [2.24, 2.45) is 0 Å². The SMILES string of the molecule is [CH-]=CCCO[Si](C)(C)C(C)(C)C.[CH3-].[CH]1[CH][CH-]C=C1.[Zr+4].c1cc[cH-]c1. The van der Waals surface area contributed by atoms with E-state index >= 15 is 0 Å². The predicted octanol–water partition coefficient (Wildman–Crippen LogP) is 6.41. The fourth-order valence-electron chi connectivity index (χ4n) is 1.24. The minimum Gasteiger partial charge on any atom is -0.518 e. The van der Waals surface area contributed by atoms with Crippen LogP contribution in [-0.2, 0) is 30.6 Å². The van der Waals surface area contributed by atoms with E-state index in [0.29, 0.717) is 5.04 Å². The van der Waals surface area contributed by atoms with E-state index in [0.717, 1.165) is 13.0 Å². The number of rotatable bonds is 4. The van der Waals surface area contributed by atoms with Gasteiger partial charge in [0.2, 0.25) is 0 Å². The van der Waals surface area contributed by atoms with Crippen LogP contribution >= 0.6 is 0 Å². The molecule has 1 nitrogen and oxygen atoms in total. The van der Waals surface area contributed by atoms with Crippen molar-refractivity contribution in [3.8, 4) is 0 Å². The summed E-state index contributed by atoms with van der Waals surface area (Å²) in [6.45, 7) is 17.3. The second-order valence-electron chi connectivity index (χ2n) is 6.56. The van der Waals surface area contributed by atoms with Gasteiger partial charge in [0.25, 0.3) is 0 Å². The van der Waals surface area contributed by atoms with Gasteiger partial charge in [-0.3, -0.25) is 6.08 Å². The summed E-state index contributed by atoms with van der Waals surface area (Å²) in [5, 5.41) is 0.307. The van der Waals surface area contributed by atoms with E-state index in [2.05, 4.69) is 33.9 Å². The molecule has 1 aromatic carbocycles. The van der Waals surface area contributed by atoms with Gasteiger partial charge in [-0.2, -0.15) is 18.2 Å². The van der Waals surface area contributed by atoms with Crippen LogP contribution in [0.15, 0.2) is 48.6 Å². The maximum Gasteiger partial charge on any atom is 4.00 e. The van der Waals surface area contributed by atoms with E-state index in [1.54, 1.807) is 6.08 Å². The van der Waals surface area contributed by atoms with Gasteiger partial charge < -0.3 is 18.4 Å². The molecule has 2 rings (SSSR count). The average Bonchev–Trinajstić information content (AvgIpc) is 3.16. The maximum atomic E-state index is 5.86. The standard InChI is InChI=1S/C10H21OSi.2C5H5.CH3.Zr/c1-7-8-9-11-12(5,6)10(2,3)4;2*1-2-4-5-3-1;;/h1,7H,8-9H2,2-6H3;2*1-5H;1H3;/q4*-1;+4. The molecule has 0 aliphatic heterocycles. The van der Waals surface area contributed by atoms with E-state index in [1.807, 2.05) is 61.7 Å². The summed E-state index contributed by atoms with van der Waals surface area (Å²) in [4.78, 5) is 0. The van der Waals surface area contributed by atoms with Crippen LogP contribution in [0, 0.1) is 33.3 Å². The molecule has 1 aromatic rings. The quantitative estimate of drug-likeness (QED) is 0.310. The van der Waals surface area contributed by atoms with Gasteiger partial charge in [-0.15, -0.1) is 12.8 Å². The van der Waals surface area contributed by atoms with Crippen LogP contribution in [0.3, 0.4) is 0 Å². The van der Waals surface area contributed by atoms with Crippen LogP contribution in [0.5, 0.6) is 0 Å². The zero-order chi connectivity index (χ0) is 16.9. The summed E-state index contributed by atoms with van der Waals surface area (Å²) in [6.07, 6.45) is 12.5. The average molecular weight is 422 g/mol. The Bertz CT molecular complexity index is 365. The summed E-state index contributed by atoms with van der Waals surface area (Å²) < 4.78 is 5.86. The van der Waals surface area contributed by atoms with Crippen molar-refractivity contribution in [1.29, 1.82) is 0 Å². The molecule has 0 fully saturated rings. The van der Waals surface area contributed by atoms with Crippen molar-refractivity contribution in [2.45, 2.75) is 45.3 Å². The van der Waals surface area contributed by atoms with Crippen LogP contribution in [0.2, 0.25) is 18.1 Å². The van der Waals surface area contributed by atoms with Crippen molar-refractivity contribution in [3.63, 3.8) is 0 Å². The van der Waals surface area contributed by atoms with E-state index in [1.165, 1.54) is 0 Å². The molecule has 0 heterocycles. The maximum absolute atomic E-state index is 5.86. The van der Waals surface area contributed by atoms with Crippen molar-refractivity contribution in [3.05, 3.63) is 81.8 Å². The van der Waals surface area contributed by atoms with Gasteiger partial charge in [0.1, 0.15) is 0 Å². The summed E-state index contributed by atoms with van der Waals surface area (Å²) in [5.74, 6) is 0. The molecule has 0 saturated carbocycles. The van der Waals surface area contributed by atoms with Crippen molar-refractivity contribution in [2.75, 3.05) is 6.61 Å². The molecule has 24 heavy (non-hydrogen) atoms. The van der Waals surface area contributed by atoms with E-state index < -0.39 is 8.32 Å². The molecule has 1 aliphatic rings. The van der Waals surface area contributed by atoms with Gasteiger partial charge in [-0.25, -0.2) is 30.7 Å². The molecule has 0 amide bonds. The van der Waals surface area contributed by atoms with Gasteiger partial charge in [-0.1, -0.05) is 20.8 Å². The van der Waals surface area contributed by atoms with Crippen LogP contribution in [0.1, 0.15) is 27.2 Å². The minimum atomic E-state index is -1.52. The zero-order valence-electron chi connectivity index (χ0n) is 16.3. The topological polar surface area (TPSA) is 9.23 Å². The largest absolute Gasteiger partial charge is 4.00 e. The first kappa shape index (κ1) is 28.6. The van der Waals surface area contributed by atoms with Crippen molar-refractivity contribution >= 4 is 8.32 Å². The first-order valence-electron chi connectivity index (χ1n) is 7.82. The zero-order valence-corrected chi connectivity index (χ0v) is 19.7. The third-order valence-electron chi connectivity index (χ3n) is 3.66. The van der Waals surface area contributed by atoms with Crippen LogP contribution < -0.4 is 0 Å². The van der Waals surface area contributed by atoms with Gasteiger partial charge in [-0.05, 0) is 24.6 Å². The number of hydrogen-bond acceptors (Lipinski definition) is 1. The monoisotopic (exact) mass is 420 g/mol. The molecule has 0 saturated heterocycles. The Morgan fingerprint density at radius 2 is 1.75 bits per heavy atom. The van der Waals surface area contributed by atoms with E-state index in [9.17, 15) is 0 Å². The summed E-state index contributed by atoms with van der Waals surface area (Å²) in [5.41, 5.74) is 0. The molecule has 1 aliphatic carbocycles. The van der Waals surface area contributed by atoms with E-state index in [-0.39, 0.29) is 33.6 Å². The normalized spacial score (nSPS) is 12.2. The molecule has 2 radical (unpaired) electrons. The van der Waals surface area contributed by atoms with Gasteiger partial charge in [0, 0.05) is 6.61 Å². The molecule has 0 aromatic heterocycles. The molecule has 0 N–H and O–H groups in total. The first-order chi connectivity index (χ1) is 10.3. The fraction of sp³-hybridized carbons (Fsp3) is 0.381. The number of hydrogen-bond donors (Lipinski definition) is 0. The first-order valence-corrected chi connectivity index (χ1v) is 10.7. The summed E-state index contributed by atoms with van der Waals surface area (Å²) in [6, 6.07) is 10.0. The second-order valence-corrected chi connectivity index (χ2v) is 11.4. The van der Waals surface area contributed by atoms with Crippen LogP contribution in [-0.4, -0.2) is 14.9 Å². The second kappa shape index (κ2) is 16.2. The third-order valence-corrected chi connectivity index (χ3v) is 8.20. The minimum absolute atomic E-state index is 0. The Labute approximate surface area is 172 Å². The van der Waals surface area contributed by atoms with Crippen LogP contribution in [0.25, 0.3) is 0 Å². The Kier molecular flexibility index (Phi) is 19.3. The molecular weight excluding hydrogens is 388 g/mol. The van der Waals surface area contributed by atoms with E-state index in [4.69, 9.17) is 11.0 Å². The molecule has 132 valence electrons. The summed E-state index contributed by atoms with van der Waals surface area (Å²) in [7, 11) is -1.52. The van der Waals surface area contributed by atoms with Crippen LogP contribution in [0.4, 0.5) is 0 Å². The summed E-state index contributed by atoms with van der Waals surface area (Å²) >= 11 is 0. The molecule has 0 bridgehead atoms. The Morgan fingerprint density at radius 1 is 1.17 bits per heavy atom. The number of allylic oxidation sites excluding steroid dienone is 2. The van der Waals surface area contributed by atoms with Crippen molar-refractivity contribution in [1.82, 2.24) is 0 Å². The molecule has 0 spiro atoms. The van der Waals surface area contributed by atoms with Gasteiger partial charge >= 0.3 is 26.2 Å². The molecule has 0 unspecified atom stereocenters. The van der Waals surface area contributed by atoms with Gasteiger partial charge in [0.05, 0.1) is 0 Å². The predicted molar refractivity (Wildman–Crippen MR) is 107 cm³/mol. The Morgan fingerprint density at radius 3 is 2.00 bits per heavy atom. The molecular formula is C21H34OSiZr. The Hall–Kier alpha value is -0.240. The smallest absolute Gasteiger partial charge is 0.518 e. The van der Waals surface area contributed by atoms with Gasteiger partial charge in [0.15, 0.2) is 8.32 Å².